The highest BCUT2D eigenvalue weighted by Crippen LogP contribution is 2.46. The van der Waals surface area contributed by atoms with Gasteiger partial charge in [-0.25, -0.2) is 0 Å². The minimum Gasteiger partial charge on any atom is -0.293 e. The Hall–Kier alpha value is -1.89. The molecule has 3 atom stereocenters. The molecule has 0 saturated heterocycles. The van der Waals surface area contributed by atoms with Gasteiger partial charge < -0.3 is 0 Å². The molecule has 0 spiro atoms. The Kier molecular flexibility index (Phi) is 8.82. The molecule has 3 aliphatic carbocycles. The first-order chi connectivity index (χ1) is 16.1. The lowest BCUT2D eigenvalue weighted by molar-refractivity contribution is 0.166. The third-order valence-corrected chi connectivity index (χ3v) is 8.35. The van der Waals surface area contributed by atoms with Crippen LogP contribution in [0.1, 0.15) is 114 Å². The highest BCUT2D eigenvalue weighted by molar-refractivity contribution is 5.84. The monoisotopic (exact) mass is 443 g/mol. The van der Waals surface area contributed by atoms with Gasteiger partial charge in [-0.2, -0.15) is 0 Å². The zero-order valence-corrected chi connectivity index (χ0v) is 21.2. The Morgan fingerprint density at radius 3 is 2.52 bits per heavy atom. The van der Waals surface area contributed by atoms with E-state index in [2.05, 4.69) is 56.8 Å². The summed E-state index contributed by atoms with van der Waals surface area (Å²) in [5.74, 6) is 2.32. The van der Waals surface area contributed by atoms with Crippen LogP contribution in [0.5, 0.6) is 0 Å². The maximum Gasteiger partial charge on any atom is 0.0498 e. The number of benzene rings is 1. The number of allylic oxidation sites excluding steroid dienone is 4. The van der Waals surface area contributed by atoms with Gasteiger partial charge in [0, 0.05) is 18.2 Å². The molecule has 3 unspecified atom stereocenters. The second kappa shape index (κ2) is 12.0. The van der Waals surface area contributed by atoms with Gasteiger partial charge in [0.1, 0.15) is 0 Å². The molecule has 0 radical (unpaired) electrons. The molecule has 0 aliphatic heterocycles. The fourth-order valence-electron chi connectivity index (χ4n) is 6.26. The molecule has 0 bridgehead atoms. The van der Waals surface area contributed by atoms with E-state index in [1.54, 1.807) is 11.1 Å². The van der Waals surface area contributed by atoms with E-state index in [9.17, 15) is 0 Å². The molecule has 1 fully saturated rings. The van der Waals surface area contributed by atoms with Crippen LogP contribution in [0.15, 0.2) is 59.1 Å². The molecule has 3 aliphatic rings. The van der Waals surface area contributed by atoms with Gasteiger partial charge in [-0.05, 0) is 92.9 Å². The minimum atomic E-state index is 0.468. The van der Waals surface area contributed by atoms with Crippen LogP contribution < -0.4 is 0 Å². The van der Waals surface area contributed by atoms with E-state index in [0.29, 0.717) is 5.92 Å². The average molecular weight is 444 g/mol. The number of aliphatic imine (C=N–C) groups is 1. The molecular formula is C32H45N. The Bertz CT molecular complexity index is 899. The minimum absolute atomic E-state index is 0.468. The van der Waals surface area contributed by atoms with Gasteiger partial charge in [-0.3, -0.25) is 4.99 Å². The summed E-state index contributed by atoms with van der Waals surface area (Å²) >= 11 is 0. The summed E-state index contributed by atoms with van der Waals surface area (Å²) in [4.78, 5) is 5.15. The highest BCUT2D eigenvalue weighted by Gasteiger charge is 2.32. The Morgan fingerprint density at radius 2 is 1.73 bits per heavy atom. The fourth-order valence-corrected chi connectivity index (χ4v) is 6.26. The number of hydrogen-bond donors (Lipinski definition) is 0. The van der Waals surface area contributed by atoms with Gasteiger partial charge in [0.2, 0.25) is 0 Å². The normalized spacial score (nSPS) is 23.9. The predicted molar refractivity (Wildman–Crippen MR) is 145 cm³/mol. The van der Waals surface area contributed by atoms with Crippen LogP contribution in [0.25, 0.3) is 5.57 Å². The molecule has 1 nitrogen and oxygen atoms in total. The van der Waals surface area contributed by atoms with Gasteiger partial charge >= 0.3 is 0 Å². The van der Waals surface area contributed by atoms with Crippen molar-refractivity contribution < 1.29 is 0 Å². The first-order valence-electron chi connectivity index (χ1n) is 13.8. The lowest BCUT2D eigenvalue weighted by atomic mass is 9.69. The second-order valence-electron chi connectivity index (χ2n) is 11.0. The number of fused-ring (bicyclic) bond motifs is 2. The van der Waals surface area contributed by atoms with Gasteiger partial charge in [0.15, 0.2) is 0 Å². The molecule has 178 valence electrons. The summed E-state index contributed by atoms with van der Waals surface area (Å²) in [7, 11) is 0. The molecule has 0 N–H and O–H groups in total. The first-order valence-corrected chi connectivity index (χ1v) is 13.8. The van der Waals surface area contributed by atoms with Crippen LogP contribution in [0.2, 0.25) is 0 Å². The number of nitrogens with zero attached hydrogens (tertiary/aromatic N) is 1. The molecule has 0 amide bonds. The molecule has 0 heterocycles. The van der Waals surface area contributed by atoms with Crippen LogP contribution >= 0.6 is 0 Å². The number of rotatable bonds is 13. The van der Waals surface area contributed by atoms with Crippen molar-refractivity contribution in [1.29, 1.82) is 0 Å². The topological polar surface area (TPSA) is 12.4 Å². The summed E-state index contributed by atoms with van der Waals surface area (Å²) in [6, 6.07) is 9.05. The number of hydrogen-bond acceptors (Lipinski definition) is 1. The zero-order valence-electron chi connectivity index (χ0n) is 21.2. The zero-order chi connectivity index (χ0) is 23.0. The summed E-state index contributed by atoms with van der Waals surface area (Å²) in [6.07, 6.45) is 22.3. The standard InChI is InChI=1S/C32H45N/c1-24(2)14-8-6-4-5-7-9-15-26-20-21-27(26)22-25(3)33-23-32-30-18-12-10-16-28(30)29-17-11-13-19-31(29)32/h10,12-13,16,18-19,26-27,32H,1,4-9,11,14-15,17,20-23H2,2-3H3. The molecule has 4 rings (SSSR count). The van der Waals surface area contributed by atoms with E-state index < -0.39 is 0 Å². The summed E-state index contributed by atoms with van der Waals surface area (Å²) < 4.78 is 0. The maximum atomic E-state index is 5.15. The molecule has 0 aromatic heterocycles. The lowest BCUT2D eigenvalue weighted by Crippen LogP contribution is -2.27. The van der Waals surface area contributed by atoms with E-state index in [-0.39, 0.29) is 0 Å². The largest absolute Gasteiger partial charge is 0.293 e. The van der Waals surface area contributed by atoms with Crippen molar-refractivity contribution in [2.24, 2.45) is 16.8 Å². The summed E-state index contributed by atoms with van der Waals surface area (Å²) in [5, 5.41) is 0. The summed E-state index contributed by atoms with van der Waals surface area (Å²) in [6.45, 7) is 9.37. The Morgan fingerprint density at radius 1 is 0.970 bits per heavy atom. The van der Waals surface area contributed by atoms with Gasteiger partial charge in [0.05, 0.1) is 0 Å². The van der Waals surface area contributed by atoms with E-state index in [4.69, 9.17) is 4.99 Å². The fraction of sp³-hybridized carbons (Fsp3) is 0.594. The quantitative estimate of drug-likeness (QED) is 0.163. The smallest absolute Gasteiger partial charge is 0.0498 e. The first kappa shape index (κ1) is 24.2. The highest BCUT2D eigenvalue weighted by atomic mass is 14.7. The van der Waals surface area contributed by atoms with E-state index in [1.165, 1.54) is 106 Å². The van der Waals surface area contributed by atoms with Crippen LogP contribution in [0.4, 0.5) is 0 Å². The predicted octanol–water partition coefficient (Wildman–Crippen LogP) is 9.46. The van der Waals surface area contributed by atoms with Crippen molar-refractivity contribution in [3.8, 4) is 0 Å². The van der Waals surface area contributed by atoms with Crippen LogP contribution in [-0.4, -0.2) is 12.3 Å². The Balaban J connectivity index is 1.19. The average Bonchev–Trinajstić information content (AvgIpc) is 3.13. The van der Waals surface area contributed by atoms with Crippen molar-refractivity contribution in [2.45, 2.75) is 103 Å². The lowest BCUT2D eigenvalue weighted by Gasteiger charge is -2.37. The van der Waals surface area contributed by atoms with E-state index in [0.717, 1.165) is 18.4 Å². The van der Waals surface area contributed by atoms with Crippen LogP contribution in [0, 0.1) is 11.8 Å². The van der Waals surface area contributed by atoms with Crippen molar-refractivity contribution >= 4 is 11.3 Å². The van der Waals surface area contributed by atoms with Crippen molar-refractivity contribution in [3.05, 3.63) is 65.3 Å². The Labute approximate surface area is 203 Å². The van der Waals surface area contributed by atoms with Crippen LogP contribution in [-0.2, 0) is 0 Å². The van der Waals surface area contributed by atoms with Crippen LogP contribution in [0.3, 0.4) is 0 Å². The molecular weight excluding hydrogens is 398 g/mol. The third kappa shape index (κ3) is 6.37. The molecule has 33 heavy (non-hydrogen) atoms. The summed E-state index contributed by atoms with van der Waals surface area (Å²) in [5.41, 5.74) is 8.84. The SMILES string of the molecule is C=C(C)CCCCCCCCC1CCC1CC(C)=NCC1C2=C(CCC=C2)c2ccccc21. The van der Waals surface area contributed by atoms with Crippen molar-refractivity contribution in [2.75, 3.05) is 6.54 Å². The maximum absolute atomic E-state index is 5.15. The van der Waals surface area contributed by atoms with E-state index >= 15 is 0 Å². The van der Waals surface area contributed by atoms with Gasteiger partial charge in [-0.1, -0.05) is 80.5 Å². The molecule has 1 aromatic carbocycles. The second-order valence-corrected chi connectivity index (χ2v) is 11.0. The van der Waals surface area contributed by atoms with Crippen molar-refractivity contribution in [1.82, 2.24) is 0 Å². The molecule has 1 heteroatoms. The molecule has 1 aromatic rings. The van der Waals surface area contributed by atoms with E-state index in [1.807, 2.05) is 0 Å². The van der Waals surface area contributed by atoms with Gasteiger partial charge in [0.25, 0.3) is 0 Å². The number of unbranched alkanes of at least 4 members (excludes halogenated alkanes) is 5. The molecule has 1 saturated carbocycles. The van der Waals surface area contributed by atoms with Gasteiger partial charge in [-0.15, -0.1) is 6.58 Å². The van der Waals surface area contributed by atoms with Crippen molar-refractivity contribution in [3.63, 3.8) is 0 Å². The third-order valence-electron chi connectivity index (χ3n) is 8.35.